The van der Waals surface area contributed by atoms with E-state index in [0.717, 1.165) is 6.42 Å². The molecule has 6 heteroatoms. The van der Waals surface area contributed by atoms with Crippen LogP contribution in [0.5, 0.6) is 0 Å². The van der Waals surface area contributed by atoms with Crippen LogP contribution in [0.15, 0.2) is 9.95 Å². The minimum absolute atomic E-state index is 0.0338. The Morgan fingerprint density at radius 1 is 1.41 bits per heavy atom. The van der Waals surface area contributed by atoms with Crippen molar-refractivity contribution in [2.45, 2.75) is 63.6 Å². The van der Waals surface area contributed by atoms with E-state index in [-0.39, 0.29) is 17.5 Å². The van der Waals surface area contributed by atoms with Gasteiger partial charge < -0.3 is 10.3 Å². The van der Waals surface area contributed by atoms with Crippen molar-refractivity contribution in [1.82, 2.24) is 15.3 Å². The third-order valence-corrected chi connectivity index (χ3v) is 5.03. The van der Waals surface area contributed by atoms with Crippen LogP contribution in [-0.2, 0) is 11.2 Å². The highest BCUT2D eigenvalue weighted by molar-refractivity contribution is 7.98. The summed E-state index contributed by atoms with van der Waals surface area (Å²) in [7, 11) is 0. The Morgan fingerprint density at radius 3 is 2.77 bits per heavy atom. The molecule has 122 valence electrons. The van der Waals surface area contributed by atoms with E-state index in [2.05, 4.69) is 22.2 Å². The maximum absolute atomic E-state index is 12.1. The van der Waals surface area contributed by atoms with Crippen molar-refractivity contribution in [2.75, 3.05) is 6.26 Å². The fraction of sp³-hybridized carbons (Fsp3) is 0.688. The lowest BCUT2D eigenvalue weighted by Gasteiger charge is -2.29. The lowest BCUT2D eigenvalue weighted by Crippen LogP contribution is -2.41. The number of hydrogen-bond donors (Lipinski definition) is 2. The fourth-order valence-electron chi connectivity index (χ4n) is 3.02. The molecule has 0 bridgehead atoms. The first-order valence-corrected chi connectivity index (χ1v) is 9.17. The summed E-state index contributed by atoms with van der Waals surface area (Å²) in [6.45, 7) is 4.02. The van der Waals surface area contributed by atoms with E-state index in [1.165, 1.54) is 31.0 Å². The van der Waals surface area contributed by atoms with Gasteiger partial charge in [-0.15, -0.1) is 0 Å². The molecule has 1 amide bonds. The first-order chi connectivity index (χ1) is 10.5. The highest BCUT2D eigenvalue weighted by atomic mass is 32.2. The number of H-pyrrole nitrogens is 1. The second-order valence-electron chi connectivity index (χ2n) is 6.07. The number of aromatic amines is 1. The van der Waals surface area contributed by atoms with E-state index < -0.39 is 0 Å². The Balaban J connectivity index is 1.92. The molecule has 2 unspecified atom stereocenters. The normalized spacial score (nSPS) is 21.6. The molecule has 1 saturated carbocycles. The molecule has 22 heavy (non-hydrogen) atoms. The Labute approximate surface area is 135 Å². The quantitative estimate of drug-likeness (QED) is 0.644. The summed E-state index contributed by atoms with van der Waals surface area (Å²) in [5.74, 6) is 0.580. The molecule has 0 saturated heterocycles. The van der Waals surface area contributed by atoms with Gasteiger partial charge in [-0.2, -0.15) is 0 Å². The van der Waals surface area contributed by atoms with Crippen LogP contribution < -0.4 is 10.9 Å². The highest BCUT2D eigenvalue weighted by Gasteiger charge is 2.22. The van der Waals surface area contributed by atoms with E-state index in [0.29, 0.717) is 35.2 Å². The standard InChI is InChI=1S/C16H25N3O2S/c1-10-6-4-5-7-13(10)18-14(20)9-8-12-11(2)17-16(22-3)19-15(12)21/h10,13H,4-9H2,1-3H3,(H,18,20)(H,17,19,21). The zero-order valence-electron chi connectivity index (χ0n) is 13.6. The van der Waals surface area contributed by atoms with Crippen LogP contribution in [0.2, 0.25) is 0 Å². The highest BCUT2D eigenvalue weighted by Crippen LogP contribution is 2.23. The van der Waals surface area contributed by atoms with E-state index in [9.17, 15) is 9.59 Å². The van der Waals surface area contributed by atoms with Gasteiger partial charge in [0.05, 0.1) is 0 Å². The lowest BCUT2D eigenvalue weighted by atomic mass is 9.86. The average molecular weight is 323 g/mol. The maximum atomic E-state index is 12.1. The van der Waals surface area contributed by atoms with Crippen molar-refractivity contribution >= 4 is 17.7 Å². The molecule has 1 aromatic heterocycles. The number of nitrogens with one attached hydrogen (secondary N) is 2. The molecule has 0 radical (unpaired) electrons. The number of nitrogens with zero attached hydrogens (tertiary/aromatic N) is 1. The molecule has 1 aliphatic carbocycles. The number of carbonyl (C=O) groups is 1. The molecule has 2 rings (SSSR count). The van der Waals surface area contributed by atoms with E-state index in [1.54, 1.807) is 0 Å². The monoisotopic (exact) mass is 323 g/mol. The average Bonchev–Trinajstić information content (AvgIpc) is 2.48. The minimum Gasteiger partial charge on any atom is -0.353 e. The Kier molecular flexibility index (Phi) is 6.06. The first kappa shape index (κ1) is 17.1. The minimum atomic E-state index is -0.129. The molecular formula is C16H25N3O2S. The summed E-state index contributed by atoms with van der Waals surface area (Å²) in [5.41, 5.74) is 1.20. The number of carbonyl (C=O) groups excluding carboxylic acids is 1. The van der Waals surface area contributed by atoms with Crippen LogP contribution >= 0.6 is 11.8 Å². The summed E-state index contributed by atoms with van der Waals surface area (Å²) in [4.78, 5) is 31.2. The number of rotatable bonds is 5. The Bertz CT molecular complexity index is 585. The van der Waals surface area contributed by atoms with E-state index >= 15 is 0 Å². The van der Waals surface area contributed by atoms with Crippen molar-refractivity contribution in [3.8, 4) is 0 Å². The Morgan fingerprint density at radius 2 is 2.14 bits per heavy atom. The number of aryl methyl sites for hydroxylation is 1. The van der Waals surface area contributed by atoms with Crippen LogP contribution in [-0.4, -0.2) is 28.2 Å². The molecule has 1 aliphatic rings. The smallest absolute Gasteiger partial charge is 0.254 e. The van der Waals surface area contributed by atoms with Crippen molar-refractivity contribution < 1.29 is 4.79 Å². The SMILES string of the molecule is CSc1nc(C)c(CCC(=O)NC2CCCCC2C)c(=O)[nH]1. The first-order valence-electron chi connectivity index (χ1n) is 7.94. The molecule has 5 nitrogen and oxygen atoms in total. The Hall–Kier alpha value is -1.30. The van der Waals surface area contributed by atoms with Gasteiger partial charge in [-0.25, -0.2) is 4.98 Å². The number of aromatic nitrogens is 2. The van der Waals surface area contributed by atoms with Crippen LogP contribution in [0.4, 0.5) is 0 Å². The van der Waals surface area contributed by atoms with Crippen LogP contribution in [0.25, 0.3) is 0 Å². The lowest BCUT2D eigenvalue weighted by molar-refractivity contribution is -0.122. The molecular weight excluding hydrogens is 298 g/mol. The van der Waals surface area contributed by atoms with Crippen molar-refractivity contribution in [2.24, 2.45) is 5.92 Å². The van der Waals surface area contributed by atoms with Gasteiger partial charge in [-0.1, -0.05) is 31.5 Å². The van der Waals surface area contributed by atoms with Crippen molar-refractivity contribution in [3.63, 3.8) is 0 Å². The van der Waals surface area contributed by atoms with Crippen LogP contribution in [0.3, 0.4) is 0 Å². The largest absolute Gasteiger partial charge is 0.353 e. The van der Waals surface area contributed by atoms with Crippen molar-refractivity contribution in [1.29, 1.82) is 0 Å². The predicted octanol–water partition coefficient (Wildman–Crippen LogP) is 2.43. The van der Waals surface area contributed by atoms with Gasteiger partial charge in [0.25, 0.3) is 5.56 Å². The number of thioether (sulfide) groups is 1. The summed E-state index contributed by atoms with van der Waals surface area (Å²) in [6, 6.07) is 0.289. The van der Waals surface area contributed by atoms with Gasteiger partial charge >= 0.3 is 0 Å². The van der Waals surface area contributed by atoms with Crippen molar-refractivity contribution in [3.05, 3.63) is 21.6 Å². The molecule has 0 aromatic carbocycles. The fourth-order valence-corrected chi connectivity index (χ4v) is 3.45. The topological polar surface area (TPSA) is 74.8 Å². The molecule has 2 atom stereocenters. The van der Waals surface area contributed by atoms with Crippen LogP contribution in [0.1, 0.15) is 50.3 Å². The molecule has 2 N–H and O–H groups in total. The van der Waals surface area contributed by atoms with Crippen LogP contribution in [0, 0.1) is 12.8 Å². The van der Waals surface area contributed by atoms with Gasteiger partial charge in [0.2, 0.25) is 5.91 Å². The summed E-state index contributed by atoms with van der Waals surface area (Å²) < 4.78 is 0. The van der Waals surface area contributed by atoms with Gasteiger partial charge in [-0.3, -0.25) is 9.59 Å². The zero-order chi connectivity index (χ0) is 16.1. The molecule has 0 spiro atoms. The van der Waals surface area contributed by atoms with E-state index in [4.69, 9.17) is 0 Å². The van der Waals surface area contributed by atoms with E-state index in [1.807, 2.05) is 13.2 Å². The third kappa shape index (κ3) is 4.35. The third-order valence-electron chi connectivity index (χ3n) is 4.45. The van der Waals surface area contributed by atoms with Gasteiger partial charge in [0, 0.05) is 23.7 Å². The predicted molar refractivity (Wildman–Crippen MR) is 89.3 cm³/mol. The zero-order valence-corrected chi connectivity index (χ0v) is 14.4. The maximum Gasteiger partial charge on any atom is 0.254 e. The second-order valence-corrected chi connectivity index (χ2v) is 6.87. The van der Waals surface area contributed by atoms with Gasteiger partial charge in [0.15, 0.2) is 5.16 Å². The molecule has 1 aromatic rings. The molecule has 1 heterocycles. The summed E-state index contributed by atoms with van der Waals surface area (Å²) >= 11 is 1.41. The molecule has 1 fully saturated rings. The second kappa shape index (κ2) is 7.81. The van der Waals surface area contributed by atoms with Gasteiger partial charge in [0.1, 0.15) is 0 Å². The van der Waals surface area contributed by atoms with Gasteiger partial charge in [-0.05, 0) is 38.4 Å². The number of hydrogen-bond acceptors (Lipinski definition) is 4. The summed E-state index contributed by atoms with van der Waals surface area (Å²) in [5, 5.41) is 3.74. The molecule has 0 aliphatic heterocycles. The number of amides is 1. The summed E-state index contributed by atoms with van der Waals surface area (Å²) in [6.07, 6.45) is 7.35.